The van der Waals surface area contributed by atoms with Crippen molar-refractivity contribution < 1.29 is 28.3 Å². The highest BCUT2D eigenvalue weighted by Crippen LogP contribution is 2.51. The molecule has 1 aromatic carbocycles. The molecule has 2 saturated carbocycles. The van der Waals surface area contributed by atoms with Crippen LogP contribution in [0.4, 0.5) is 10.1 Å². The van der Waals surface area contributed by atoms with E-state index in [1.54, 1.807) is 29.9 Å². The van der Waals surface area contributed by atoms with Gasteiger partial charge in [0.2, 0.25) is 17.7 Å². The van der Waals surface area contributed by atoms with Crippen LogP contribution in [0.15, 0.2) is 30.5 Å². The summed E-state index contributed by atoms with van der Waals surface area (Å²) in [5.41, 5.74) is 0.961. The largest absolute Gasteiger partial charge is 0.372 e. The SMILES string of the molecule is CCn1nccc1C(=O)N[C@H](C(=O)Nc1ccc([C@H](C)[C@@H](CNC(=O)[C@H](C)OC)C(=O)N2C[C@H]3C[C@@H](C2)N3C)cc1F)C(C1CC1)C1CC1. The fourth-order valence-electron chi connectivity index (χ4n) is 7.73. The van der Waals surface area contributed by atoms with Gasteiger partial charge in [-0.1, -0.05) is 13.0 Å². The molecule has 0 radical (unpaired) electrons. The molecule has 12 nitrogen and oxygen atoms in total. The number of fused-ring (bicyclic) bond motifs is 2. The van der Waals surface area contributed by atoms with Crippen LogP contribution in [-0.2, 0) is 25.7 Å². The van der Waals surface area contributed by atoms with Crippen LogP contribution < -0.4 is 16.0 Å². The van der Waals surface area contributed by atoms with Crippen LogP contribution in [0.5, 0.6) is 0 Å². The molecule has 6 atom stereocenters. The van der Waals surface area contributed by atoms with E-state index in [-0.39, 0.29) is 35.9 Å². The molecule has 2 aromatic rings. The molecule has 2 aliphatic carbocycles. The topological polar surface area (TPSA) is 138 Å². The Hall–Kier alpha value is -3.84. The van der Waals surface area contributed by atoms with Gasteiger partial charge in [0.25, 0.3) is 5.91 Å². The molecule has 1 aromatic heterocycles. The molecule has 3 saturated heterocycles. The second-order valence-corrected chi connectivity index (χ2v) is 14.4. The van der Waals surface area contributed by atoms with Crippen molar-refractivity contribution in [2.24, 2.45) is 23.7 Å². The summed E-state index contributed by atoms with van der Waals surface area (Å²) in [6.07, 6.45) is 5.99. The minimum absolute atomic E-state index is 0.00777. The Labute approximate surface area is 287 Å². The average Bonchev–Trinajstić information content (AvgIpc) is 4.06. The number of carbonyl (C=O) groups is 4. The van der Waals surface area contributed by atoms with Crippen LogP contribution in [0.25, 0.3) is 0 Å². The van der Waals surface area contributed by atoms with E-state index in [4.69, 9.17) is 4.74 Å². The van der Waals surface area contributed by atoms with Crippen molar-refractivity contribution in [3.05, 3.63) is 47.5 Å². The van der Waals surface area contributed by atoms with E-state index in [9.17, 15) is 19.2 Å². The quantitative estimate of drug-likeness (QED) is 0.263. The van der Waals surface area contributed by atoms with Gasteiger partial charge in [0.1, 0.15) is 23.7 Å². The number of carbonyl (C=O) groups excluding carboxylic acids is 4. The summed E-state index contributed by atoms with van der Waals surface area (Å²) in [6.45, 7) is 7.23. The van der Waals surface area contributed by atoms with Crippen molar-refractivity contribution in [1.29, 1.82) is 0 Å². The highest BCUT2D eigenvalue weighted by Gasteiger charge is 2.49. The number of hydrogen-bond acceptors (Lipinski definition) is 7. The lowest BCUT2D eigenvalue weighted by atomic mass is 9.83. The van der Waals surface area contributed by atoms with Crippen LogP contribution in [0.3, 0.4) is 0 Å². The number of rotatable bonds is 15. The molecule has 7 rings (SSSR count). The minimum Gasteiger partial charge on any atom is -0.372 e. The number of nitrogens with one attached hydrogen (secondary N) is 3. The van der Waals surface area contributed by atoms with Gasteiger partial charge < -0.3 is 25.6 Å². The summed E-state index contributed by atoms with van der Waals surface area (Å²) in [5.74, 6) is -2.26. The number of benzene rings is 1. The van der Waals surface area contributed by atoms with Crippen molar-refractivity contribution in [2.45, 2.75) is 89.6 Å². The number of likely N-dealkylation sites (N-methyl/N-ethyl adjacent to an activating group) is 1. The smallest absolute Gasteiger partial charge is 0.270 e. The summed E-state index contributed by atoms with van der Waals surface area (Å²) >= 11 is 0. The first kappa shape index (κ1) is 35.0. The van der Waals surface area contributed by atoms with Gasteiger partial charge in [-0.3, -0.25) is 28.8 Å². The van der Waals surface area contributed by atoms with Crippen molar-refractivity contribution in [3.63, 3.8) is 0 Å². The number of aryl methyl sites for hydroxylation is 1. The van der Waals surface area contributed by atoms with Gasteiger partial charge >= 0.3 is 0 Å². The molecule has 2 bridgehead atoms. The van der Waals surface area contributed by atoms with Crippen molar-refractivity contribution in [1.82, 2.24) is 30.2 Å². The Morgan fingerprint density at radius 3 is 2.27 bits per heavy atom. The highest BCUT2D eigenvalue weighted by molar-refractivity contribution is 6.01. The van der Waals surface area contributed by atoms with Crippen LogP contribution >= 0.6 is 0 Å². The zero-order valence-corrected chi connectivity index (χ0v) is 29.2. The number of halogens is 1. The maximum absolute atomic E-state index is 15.8. The Bertz CT molecular complexity index is 1530. The number of anilines is 1. The van der Waals surface area contributed by atoms with E-state index < -0.39 is 35.7 Å². The number of piperidine rings is 1. The van der Waals surface area contributed by atoms with Crippen LogP contribution in [0.2, 0.25) is 0 Å². The standard InChI is InChI=1S/C36H50FN7O5/c1-6-44-30(13-14-39-44)34(46)41-32(31(22-7-8-22)23-9-10-23)35(47)40-29-12-11-24(15-28(29)37)20(2)27(17-38-33(45)21(3)49-5)36(48)43-18-25-16-26(19-43)42(25)4/h11-15,20-23,25-27,31-32H,6-10,16-19H2,1-5H3,(H,38,45)(H,40,47)(H,41,46)/t20-,21-,25-,26+,27+,32-/m0/s1. The molecular formula is C36H50FN7O5. The molecule has 5 fully saturated rings. The molecule has 0 unspecified atom stereocenters. The van der Waals surface area contributed by atoms with E-state index in [2.05, 4.69) is 33.0 Å². The predicted octanol–water partition coefficient (Wildman–Crippen LogP) is 3.00. The fraction of sp³-hybridized carbons (Fsp3) is 0.639. The first-order valence-corrected chi connectivity index (χ1v) is 17.7. The Balaban J connectivity index is 1.19. The number of amides is 4. The Morgan fingerprint density at radius 1 is 1.02 bits per heavy atom. The van der Waals surface area contributed by atoms with Crippen molar-refractivity contribution in [2.75, 3.05) is 39.1 Å². The molecule has 3 aliphatic heterocycles. The molecular weight excluding hydrogens is 629 g/mol. The zero-order chi connectivity index (χ0) is 35.0. The first-order valence-electron chi connectivity index (χ1n) is 17.7. The summed E-state index contributed by atoms with van der Waals surface area (Å²) in [4.78, 5) is 57.9. The molecule has 4 amide bonds. The number of piperazine rings is 1. The van der Waals surface area contributed by atoms with Gasteiger partial charge in [0.15, 0.2) is 0 Å². The molecule has 4 heterocycles. The highest BCUT2D eigenvalue weighted by atomic mass is 19.1. The minimum atomic E-state index is -0.819. The number of ether oxygens (including phenoxy) is 1. The van der Waals surface area contributed by atoms with Gasteiger partial charge in [0.05, 0.1) is 11.6 Å². The van der Waals surface area contributed by atoms with E-state index in [0.29, 0.717) is 54.8 Å². The third-order valence-corrected chi connectivity index (χ3v) is 11.3. The third kappa shape index (κ3) is 7.52. The summed E-state index contributed by atoms with van der Waals surface area (Å²) in [6, 6.07) is 6.05. The van der Waals surface area contributed by atoms with Crippen molar-refractivity contribution in [3.8, 4) is 0 Å². The Kier molecular flexibility index (Phi) is 10.4. The lowest BCUT2D eigenvalue weighted by molar-refractivity contribution is -0.147. The van der Waals surface area contributed by atoms with E-state index in [1.807, 2.05) is 18.7 Å². The van der Waals surface area contributed by atoms with Gasteiger partial charge in [-0.25, -0.2) is 4.39 Å². The predicted molar refractivity (Wildman–Crippen MR) is 181 cm³/mol. The molecule has 5 aliphatic rings. The van der Waals surface area contributed by atoms with Crippen molar-refractivity contribution >= 4 is 29.3 Å². The molecule has 0 spiro atoms. The summed E-state index contributed by atoms with van der Waals surface area (Å²) in [5, 5.41) is 12.8. The number of hydrogen-bond donors (Lipinski definition) is 3. The maximum atomic E-state index is 15.8. The van der Waals surface area contributed by atoms with Gasteiger partial charge in [-0.2, -0.15) is 5.10 Å². The first-order chi connectivity index (χ1) is 23.5. The Morgan fingerprint density at radius 2 is 1.69 bits per heavy atom. The molecule has 3 N–H and O–H groups in total. The van der Waals surface area contributed by atoms with Gasteiger partial charge in [-0.15, -0.1) is 0 Å². The lowest BCUT2D eigenvalue weighted by Gasteiger charge is -2.55. The van der Waals surface area contributed by atoms with E-state index in [1.165, 1.54) is 19.2 Å². The van der Waals surface area contributed by atoms with Crippen LogP contribution in [-0.4, -0.2) is 101 Å². The van der Waals surface area contributed by atoms with E-state index in [0.717, 1.165) is 32.1 Å². The summed E-state index contributed by atoms with van der Waals surface area (Å²) < 4.78 is 22.6. The van der Waals surface area contributed by atoms with Gasteiger partial charge in [0, 0.05) is 51.6 Å². The molecule has 266 valence electrons. The van der Waals surface area contributed by atoms with Crippen LogP contribution in [0, 0.1) is 29.5 Å². The lowest BCUT2D eigenvalue weighted by Crippen LogP contribution is -2.68. The van der Waals surface area contributed by atoms with Crippen LogP contribution in [0.1, 0.15) is 74.8 Å². The second-order valence-electron chi connectivity index (χ2n) is 14.4. The van der Waals surface area contributed by atoms with Gasteiger partial charge in [-0.05, 0) is 100 Å². The van der Waals surface area contributed by atoms with E-state index >= 15 is 4.39 Å². The number of nitrogens with zero attached hydrogens (tertiary/aromatic N) is 4. The third-order valence-electron chi connectivity index (χ3n) is 11.3. The zero-order valence-electron chi connectivity index (χ0n) is 29.2. The normalized spacial score (nSPS) is 22.9. The monoisotopic (exact) mass is 679 g/mol. The fourth-order valence-corrected chi connectivity index (χ4v) is 7.73. The molecule has 13 heteroatoms. The average molecular weight is 680 g/mol. The second kappa shape index (κ2) is 14.6. The summed E-state index contributed by atoms with van der Waals surface area (Å²) in [7, 11) is 3.53. The maximum Gasteiger partial charge on any atom is 0.270 e. The molecule has 49 heavy (non-hydrogen) atoms. The number of methoxy groups -OCH3 is 1. The number of aromatic nitrogens is 2.